The van der Waals surface area contributed by atoms with Gasteiger partial charge in [-0.05, 0) is 72.6 Å². The largest absolute Gasteiger partial charge is 0.300 e. The number of rotatable bonds is 8. The minimum Gasteiger partial charge on any atom is -0.300 e. The van der Waals surface area contributed by atoms with Gasteiger partial charge in [0.15, 0.2) is 0 Å². The Balaban J connectivity index is 1.55. The van der Waals surface area contributed by atoms with Gasteiger partial charge in [0.1, 0.15) is 5.78 Å². The lowest BCUT2D eigenvalue weighted by molar-refractivity contribution is -0.120. The zero-order valence-corrected chi connectivity index (χ0v) is 20.3. The maximum Gasteiger partial charge on any atom is 0.134 e. The lowest BCUT2D eigenvalue weighted by Gasteiger charge is -2.33. The summed E-state index contributed by atoms with van der Waals surface area (Å²) in [5.74, 6) is 1.73. The number of Topliss-reactive ketones (excluding diaryl/α,β-unsaturated/α-hetero) is 1. The molecular weight excluding hydrogens is 439 g/mol. The molecule has 32 heavy (non-hydrogen) atoms. The molecule has 5 heteroatoms. The number of carbonyl (C=O) groups excluding carboxylic acids is 1. The van der Waals surface area contributed by atoms with E-state index in [0.29, 0.717) is 40.5 Å². The molecule has 2 atom stereocenters. The van der Waals surface area contributed by atoms with Gasteiger partial charge in [-0.1, -0.05) is 61.7 Å². The summed E-state index contributed by atoms with van der Waals surface area (Å²) >= 11 is 13.1. The summed E-state index contributed by atoms with van der Waals surface area (Å²) < 4.78 is 0. The van der Waals surface area contributed by atoms with Crippen LogP contribution in [-0.2, 0) is 4.79 Å². The van der Waals surface area contributed by atoms with E-state index in [4.69, 9.17) is 23.2 Å². The normalized spacial score (nSPS) is 20.1. The van der Waals surface area contributed by atoms with Crippen LogP contribution in [0.1, 0.15) is 100 Å². The maximum atomic E-state index is 13.6. The molecule has 0 aromatic carbocycles. The van der Waals surface area contributed by atoms with Crippen molar-refractivity contribution >= 4 is 29.0 Å². The van der Waals surface area contributed by atoms with E-state index in [1.165, 1.54) is 64.2 Å². The van der Waals surface area contributed by atoms with Crippen molar-refractivity contribution in [2.75, 3.05) is 0 Å². The van der Waals surface area contributed by atoms with E-state index in [-0.39, 0.29) is 11.8 Å². The summed E-state index contributed by atoms with van der Waals surface area (Å²) in [7, 11) is 0. The first kappa shape index (κ1) is 23.7. The van der Waals surface area contributed by atoms with Crippen LogP contribution in [0.2, 0.25) is 10.0 Å². The van der Waals surface area contributed by atoms with Crippen molar-refractivity contribution in [3.05, 3.63) is 58.1 Å². The van der Waals surface area contributed by atoms with E-state index < -0.39 is 0 Å². The Morgan fingerprint density at radius 1 is 0.750 bits per heavy atom. The minimum atomic E-state index is 0.179. The molecule has 2 heterocycles. The first-order valence-electron chi connectivity index (χ1n) is 12.3. The summed E-state index contributed by atoms with van der Waals surface area (Å²) in [6.07, 6.45) is 20.5. The summed E-state index contributed by atoms with van der Waals surface area (Å²) in [6.45, 7) is 0. The molecule has 0 N–H and O–H groups in total. The van der Waals surface area contributed by atoms with Gasteiger partial charge in [-0.2, -0.15) is 0 Å². The standard InChI is InChI=1S/C27H34Cl2N2O/c28-26-17-30-13-11-22(26)24(19-7-3-1-4-8-19)15-21(32)16-25(20-9-5-2-6-10-20)23-12-14-31-18-27(23)29/h11-14,17-20,24-25H,1-10,15-16H2. The third kappa shape index (κ3) is 5.91. The fourth-order valence-electron chi connectivity index (χ4n) is 6.08. The third-order valence-corrected chi connectivity index (χ3v) is 8.37. The Labute approximate surface area is 202 Å². The fourth-order valence-corrected chi connectivity index (χ4v) is 6.60. The van der Waals surface area contributed by atoms with Gasteiger partial charge in [-0.3, -0.25) is 14.8 Å². The summed E-state index contributed by atoms with van der Waals surface area (Å²) in [6, 6.07) is 4.04. The zero-order chi connectivity index (χ0) is 22.3. The van der Waals surface area contributed by atoms with Gasteiger partial charge in [-0.15, -0.1) is 0 Å². The number of aromatic nitrogens is 2. The Hall–Kier alpha value is -1.45. The molecule has 0 amide bonds. The second-order valence-electron chi connectivity index (χ2n) is 9.75. The summed E-state index contributed by atoms with van der Waals surface area (Å²) in [5, 5.41) is 1.38. The number of nitrogens with zero attached hydrogens (tertiary/aromatic N) is 2. The molecule has 172 valence electrons. The average molecular weight is 473 g/mol. The highest BCUT2D eigenvalue weighted by atomic mass is 35.5. The minimum absolute atomic E-state index is 0.179. The Bertz CT molecular complexity index is 819. The van der Waals surface area contributed by atoms with Crippen molar-refractivity contribution in [3.8, 4) is 0 Å². The summed E-state index contributed by atoms with van der Waals surface area (Å²) in [5.41, 5.74) is 2.19. The molecule has 4 rings (SSSR count). The first-order valence-corrected chi connectivity index (χ1v) is 13.1. The van der Waals surface area contributed by atoms with Crippen LogP contribution in [0.3, 0.4) is 0 Å². The molecule has 0 radical (unpaired) electrons. The van der Waals surface area contributed by atoms with Crippen LogP contribution in [0, 0.1) is 11.8 Å². The van der Waals surface area contributed by atoms with E-state index in [1.54, 1.807) is 12.4 Å². The van der Waals surface area contributed by atoms with Gasteiger partial charge in [0.05, 0.1) is 10.0 Å². The van der Waals surface area contributed by atoms with Gasteiger partial charge in [0.2, 0.25) is 0 Å². The van der Waals surface area contributed by atoms with Gasteiger partial charge in [0, 0.05) is 37.6 Å². The third-order valence-electron chi connectivity index (χ3n) is 7.74. The molecule has 0 bridgehead atoms. The van der Waals surface area contributed by atoms with Crippen molar-refractivity contribution in [3.63, 3.8) is 0 Å². The molecule has 2 aromatic rings. The average Bonchev–Trinajstić information content (AvgIpc) is 2.83. The highest BCUT2D eigenvalue weighted by Crippen LogP contribution is 2.44. The molecule has 2 unspecified atom stereocenters. The molecule has 0 saturated heterocycles. The van der Waals surface area contributed by atoms with Crippen LogP contribution in [0.5, 0.6) is 0 Å². The van der Waals surface area contributed by atoms with Crippen molar-refractivity contribution in [2.24, 2.45) is 11.8 Å². The van der Waals surface area contributed by atoms with E-state index in [2.05, 4.69) is 9.97 Å². The van der Waals surface area contributed by atoms with Crippen LogP contribution >= 0.6 is 23.2 Å². The van der Waals surface area contributed by atoms with Crippen LogP contribution in [-0.4, -0.2) is 15.8 Å². The lowest BCUT2D eigenvalue weighted by atomic mass is 9.72. The van der Waals surface area contributed by atoms with Crippen molar-refractivity contribution in [1.29, 1.82) is 0 Å². The van der Waals surface area contributed by atoms with Crippen LogP contribution in [0.15, 0.2) is 36.9 Å². The highest BCUT2D eigenvalue weighted by molar-refractivity contribution is 6.31. The number of hydrogen-bond donors (Lipinski definition) is 0. The van der Waals surface area contributed by atoms with E-state index in [0.717, 1.165) is 11.1 Å². The van der Waals surface area contributed by atoms with Gasteiger partial charge < -0.3 is 0 Å². The molecule has 0 spiro atoms. The highest BCUT2D eigenvalue weighted by Gasteiger charge is 2.32. The van der Waals surface area contributed by atoms with Crippen molar-refractivity contribution in [1.82, 2.24) is 9.97 Å². The molecule has 2 aromatic heterocycles. The van der Waals surface area contributed by atoms with E-state index >= 15 is 0 Å². The predicted molar refractivity (Wildman–Crippen MR) is 131 cm³/mol. The molecule has 3 nitrogen and oxygen atoms in total. The Kier molecular flexibility index (Phi) is 8.60. The van der Waals surface area contributed by atoms with E-state index in [9.17, 15) is 4.79 Å². The van der Waals surface area contributed by atoms with Gasteiger partial charge in [0.25, 0.3) is 0 Å². The molecule has 2 fully saturated rings. The van der Waals surface area contributed by atoms with Crippen molar-refractivity contribution in [2.45, 2.75) is 88.9 Å². The second kappa shape index (κ2) is 11.6. The SMILES string of the molecule is O=C(CC(c1ccncc1Cl)C1CCCCC1)CC(c1ccncc1Cl)C1CCCCC1. The molecule has 0 aliphatic heterocycles. The van der Waals surface area contributed by atoms with Crippen molar-refractivity contribution < 1.29 is 4.79 Å². The number of carbonyl (C=O) groups is 1. The fraction of sp³-hybridized carbons (Fsp3) is 0.593. The molecule has 2 aliphatic rings. The van der Waals surface area contributed by atoms with Crippen LogP contribution in [0.25, 0.3) is 0 Å². The Morgan fingerprint density at radius 3 is 1.53 bits per heavy atom. The molecule has 2 aliphatic carbocycles. The topological polar surface area (TPSA) is 42.9 Å². The number of pyridine rings is 2. The summed E-state index contributed by atoms with van der Waals surface area (Å²) in [4.78, 5) is 21.9. The van der Waals surface area contributed by atoms with Crippen LogP contribution in [0.4, 0.5) is 0 Å². The van der Waals surface area contributed by atoms with Crippen LogP contribution < -0.4 is 0 Å². The monoisotopic (exact) mass is 472 g/mol. The number of ketones is 1. The first-order chi connectivity index (χ1) is 15.6. The quantitative estimate of drug-likeness (QED) is 0.388. The maximum absolute atomic E-state index is 13.6. The lowest BCUT2D eigenvalue weighted by Crippen LogP contribution is -2.23. The Morgan fingerprint density at radius 2 is 1.16 bits per heavy atom. The molecular formula is C27H34Cl2N2O. The zero-order valence-electron chi connectivity index (χ0n) is 18.8. The number of halogens is 2. The number of hydrogen-bond acceptors (Lipinski definition) is 3. The molecule has 2 saturated carbocycles. The van der Waals surface area contributed by atoms with Gasteiger partial charge in [-0.25, -0.2) is 0 Å². The second-order valence-corrected chi connectivity index (χ2v) is 10.6. The van der Waals surface area contributed by atoms with E-state index in [1.807, 2.05) is 24.5 Å². The smallest absolute Gasteiger partial charge is 0.134 e. The van der Waals surface area contributed by atoms with Gasteiger partial charge >= 0.3 is 0 Å². The predicted octanol–water partition coefficient (Wildman–Crippen LogP) is 8.16.